The molecule has 2 aromatic heterocycles. The molecule has 0 atom stereocenters. The highest BCUT2D eigenvalue weighted by atomic mass is 16.5. The van der Waals surface area contributed by atoms with E-state index in [-0.39, 0.29) is 11.0 Å². The van der Waals surface area contributed by atoms with Crippen LogP contribution in [0.5, 0.6) is 5.75 Å². The van der Waals surface area contributed by atoms with E-state index in [1.54, 1.807) is 0 Å². The second-order valence-electron chi connectivity index (χ2n) is 17.9. The van der Waals surface area contributed by atoms with Crippen molar-refractivity contribution in [2.45, 2.75) is 66.4 Å². The molecule has 0 saturated carbocycles. The van der Waals surface area contributed by atoms with E-state index >= 15 is 0 Å². The quantitative estimate of drug-likeness (QED) is 0.179. The maximum absolute atomic E-state index is 6.92. The highest BCUT2D eigenvalue weighted by molar-refractivity contribution is 6.27. The molecule has 10 aromatic rings. The first-order valence-corrected chi connectivity index (χ1v) is 20.3. The lowest BCUT2D eigenvalue weighted by molar-refractivity contribution is 0.133. The first-order valence-electron chi connectivity index (χ1n) is 20.3. The van der Waals surface area contributed by atoms with Crippen LogP contribution in [0.25, 0.3) is 76.5 Å². The van der Waals surface area contributed by atoms with Crippen molar-refractivity contribution in [3.8, 4) is 16.9 Å². The average molecular weight is 756 g/mol. The fraction of sp³-hybridized carbons (Fsp3) is 0.185. The zero-order valence-electron chi connectivity index (χ0n) is 34.3. The van der Waals surface area contributed by atoms with E-state index in [0.29, 0.717) is 0 Å². The van der Waals surface area contributed by atoms with Gasteiger partial charge in [-0.2, -0.15) is 0 Å². The number of furan rings is 2. The summed E-state index contributed by atoms with van der Waals surface area (Å²) in [6, 6.07) is 46.4. The predicted octanol–water partition coefficient (Wildman–Crippen LogP) is 15.7. The molecule has 0 fully saturated rings. The first-order chi connectivity index (χ1) is 27.9. The lowest BCUT2D eigenvalue weighted by Gasteiger charge is -2.31. The minimum Gasteiger partial charge on any atom is -0.487 e. The van der Waals surface area contributed by atoms with Crippen LogP contribution in [0.2, 0.25) is 0 Å². The van der Waals surface area contributed by atoms with Crippen LogP contribution in [-0.2, 0) is 5.41 Å². The second kappa shape index (κ2) is 12.0. The largest absolute Gasteiger partial charge is 0.487 e. The maximum atomic E-state index is 6.92. The molecule has 4 nitrogen and oxygen atoms in total. The van der Waals surface area contributed by atoms with Gasteiger partial charge in [-0.05, 0) is 104 Å². The highest BCUT2D eigenvalue weighted by Gasteiger charge is 2.36. The SMILES string of the molecule is Cc1cc(C)c(N(c2ccc3c(c2)C(C)(C)c2ccccc2-3)c2cc3oc4cc5oc6cc(OC(C)(C)C)c7ccccc7c6c5cc4c3c3ccccc23)c(C)c1. The van der Waals surface area contributed by atoms with E-state index in [4.69, 9.17) is 13.6 Å². The second-order valence-corrected chi connectivity index (χ2v) is 17.9. The molecule has 0 aliphatic heterocycles. The molecule has 4 heteroatoms. The van der Waals surface area contributed by atoms with E-state index < -0.39 is 0 Å². The summed E-state index contributed by atoms with van der Waals surface area (Å²) < 4.78 is 20.0. The van der Waals surface area contributed by atoms with Crippen LogP contribution < -0.4 is 9.64 Å². The van der Waals surface area contributed by atoms with E-state index in [1.807, 2.05) is 6.07 Å². The van der Waals surface area contributed by atoms with Gasteiger partial charge in [-0.1, -0.05) is 110 Å². The van der Waals surface area contributed by atoms with Gasteiger partial charge < -0.3 is 18.5 Å². The van der Waals surface area contributed by atoms with Crippen LogP contribution in [0.15, 0.2) is 136 Å². The zero-order valence-corrected chi connectivity index (χ0v) is 34.3. The summed E-state index contributed by atoms with van der Waals surface area (Å²) >= 11 is 0. The standard InChI is InChI=1S/C54H45NO3/c1-30-23-31(2)52(32(3)24-30)55(33-21-22-35-34-15-13-14-20-42(34)54(7,8)43(35)25-33)44-27-48-50(38-18-11-9-16-36(38)44)40-26-41-46(28-45(40)56-48)57-49-29-47(58-53(4,5)6)37-17-10-12-19-39(37)51(41)49/h9-29H,1-8H3. The van der Waals surface area contributed by atoms with E-state index in [1.165, 1.54) is 44.6 Å². The van der Waals surface area contributed by atoms with Gasteiger partial charge in [-0.15, -0.1) is 0 Å². The lowest BCUT2D eigenvalue weighted by atomic mass is 9.82. The number of anilines is 3. The van der Waals surface area contributed by atoms with Gasteiger partial charge in [0.15, 0.2) is 0 Å². The normalized spacial score (nSPS) is 13.7. The van der Waals surface area contributed by atoms with Gasteiger partial charge in [0.2, 0.25) is 0 Å². The van der Waals surface area contributed by atoms with Crippen molar-refractivity contribution in [3.63, 3.8) is 0 Å². The van der Waals surface area contributed by atoms with Gasteiger partial charge in [0.25, 0.3) is 0 Å². The molecule has 11 rings (SSSR count). The molecular weight excluding hydrogens is 711 g/mol. The number of aryl methyl sites for hydroxylation is 3. The van der Waals surface area contributed by atoms with Gasteiger partial charge in [0, 0.05) is 61.6 Å². The fourth-order valence-electron chi connectivity index (χ4n) is 10.1. The Labute approximate surface area is 338 Å². The molecule has 0 spiro atoms. The smallest absolute Gasteiger partial charge is 0.139 e. The number of fused-ring (bicyclic) bond motifs is 13. The molecule has 0 saturated heterocycles. The molecule has 1 aliphatic rings. The Morgan fingerprint density at radius 3 is 1.76 bits per heavy atom. The molecule has 58 heavy (non-hydrogen) atoms. The van der Waals surface area contributed by atoms with Crippen LogP contribution in [0.4, 0.5) is 17.1 Å². The van der Waals surface area contributed by atoms with E-state index in [2.05, 4.69) is 182 Å². The number of benzene rings is 8. The third kappa shape index (κ3) is 5.00. The Morgan fingerprint density at radius 1 is 0.517 bits per heavy atom. The van der Waals surface area contributed by atoms with Crippen molar-refractivity contribution in [3.05, 3.63) is 155 Å². The minimum absolute atomic E-state index is 0.136. The number of hydrogen-bond donors (Lipinski definition) is 0. The summed E-state index contributed by atoms with van der Waals surface area (Å²) in [6.45, 7) is 17.6. The Kier molecular flexibility index (Phi) is 7.18. The number of nitrogens with zero attached hydrogens (tertiary/aromatic N) is 1. The summed E-state index contributed by atoms with van der Waals surface area (Å²) in [6.07, 6.45) is 0. The van der Waals surface area contributed by atoms with Crippen LogP contribution in [0, 0.1) is 20.8 Å². The van der Waals surface area contributed by atoms with E-state index in [0.717, 1.165) is 82.5 Å². The molecule has 284 valence electrons. The third-order valence-electron chi connectivity index (χ3n) is 12.4. The monoisotopic (exact) mass is 755 g/mol. The van der Waals surface area contributed by atoms with Crippen LogP contribution >= 0.6 is 0 Å². The van der Waals surface area contributed by atoms with Crippen molar-refractivity contribution in [1.82, 2.24) is 0 Å². The van der Waals surface area contributed by atoms with Gasteiger partial charge in [0.05, 0.1) is 11.4 Å². The van der Waals surface area contributed by atoms with E-state index in [9.17, 15) is 0 Å². The van der Waals surface area contributed by atoms with Gasteiger partial charge in [-0.3, -0.25) is 0 Å². The molecule has 8 aromatic carbocycles. The Morgan fingerprint density at radius 2 is 1.09 bits per heavy atom. The zero-order chi connectivity index (χ0) is 39.8. The Balaban J connectivity index is 1.18. The van der Waals surface area contributed by atoms with Crippen molar-refractivity contribution in [2.75, 3.05) is 4.90 Å². The predicted molar refractivity (Wildman–Crippen MR) is 243 cm³/mol. The molecule has 0 N–H and O–H groups in total. The summed E-state index contributed by atoms with van der Waals surface area (Å²) in [4.78, 5) is 2.47. The molecular formula is C54H45NO3. The molecule has 2 heterocycles. The number of rotatable bonds is 4. The van der Waals surface area contributed by atoms with Gasteiger partial charge in [0.1, 0.15) is 33.7 Å². The summed E-state index contributed by atoms with van der Waals surface area (Å²) in [5.41, 5.74) is 15.2. The molecule has 0 unspecified atom stereocenters. The summed E-state index contributed by atoms with van der Waals surface area (Å²) in [5.74, 6) is 0.822. The summed E-state index contributed by atoms with van der Waals surface area (Å²) in [5, 5.41) is 8.80. The molecule has 1 aliphatic carbocycles. The fourth-order valence-corrected chi connectivity index (χ4v) is 10.1. The van der Waals surface area contributed by atoms with Gasteiger partial charge in [-0.25, -0.2) is 0 Å². The minimum atomic E-state index is -0.351. The lowest BCUT2D eigenvalue weighted by Crippen LogP contribution is -2.23. The molecule has 0 bridgehead atoms. The van der Waals surface area contributed by atoms with Crippen molar-refractivity contribution < 1.29 is 13.6 Å². The molecule has 0 radical (unpaired) electrons. The maximum Gasteiger partial charge on any atom is 0.139 e. The Hall–Kier alpha value is -6.52. The number of ether oxygens (including phenoxy) is 1. The Bertz CT molecular complexity index is 3350. The first kappa shape index (κ1) is 34.7. The van der Waals surface area contributed by atoms with Crippen LogP contribution in [0.1, 0.15) is 62.4 Å². The molecule has 0 amide bonds. The van der Waals surface area contributed by atoms with Gasteiger partial charge >= 0.3 is 0 Å². The van der Waals surface area contributed by atoms with Crippen LogP contribution in [-0.4, -0.2) is 5.60 Å². The summed E-state index contributed by atoms with van der Waals surface area (Å²) in [7, 11) is 0. The van der Waals surface area contributed by atoms with Crippen molar-refractivity contribution in [1.29, 1.82) is 0 Å². The van der Waals surface area contributed by atoms with Crippen LogP contribution in [0.3, 0.4) is 0 Å². The van der Waals surface area contributed by atoms with Crippen molar-refractivity contribution in [2.24, 2.45) is 0 Å². The van der Waals surface area contributed by atoms with Crippen molar-refractivity contribution >= 4 is 82.5 Å². The topological polar surface area (TPSA) is 38.8 Å². The highest BCUT2D eigenvalue weighted by Crippen LogP contribution is 2.53. The average Bonchev–Trinajstić information content (AvgIpc) is 3.81. The number of hydrogen-bond acceptors (Lipinski definition) is 4. The third-order valence-corrected chi connectivity index (χ3v) is 12.4.